The number of aryl methyl sites for hydroxylation is 1. The van der Waals surface area contributed by atoms with Gasteiger partial charge in [-0.05, 0) is 44.5 Å². The molecule has 0 bridgehead atoms. The second-order valence-electron chi connectivity index (χ2n) is 6.04. The zero-order valence-corrected chi connectivity index (χ0v) is 16.9. The highest BCUT2D eigenvalue weighted by Crippen LogP contribution is 2.27. The molecule has 0 saturated heterocycles. The predicted octanol–water partition coefficient (Wildman–Crippen LogP) is 3.71. The Bertz CT molecular complexity index is 1080. The second kappa shape index (κ2) is 8.84. The van der Waals surface area contributed by atoms with Crippen molar-refractivity contribution < 1.29 is 19.1 Å². The fraction of sp³-hybridized carbons (Fsp3) is 0.286. The summed E-state index contributed by atoms with van der Waals surface area (Å²) < 4.78 is 13.4. The summed E-state index contributed by atoms with van der Waals surface area (Å²) >= 11 is 1.34. The number of ether oxygens (including phenoxy) is 2. The lowest BCUT2D eigenvalue weighted by atomic mass is 10.1. The molecule has 0 aliphatic carbocycles. The highest BCUT2D eigenvalue weighted by Gasteiger charge is 2.16. The van der Waals surface area contributed by atoms with Crippen LogP contribution < -0.4 is 9.54 Å². The summed E-state index contributed by atoms with van der Waals surface area (Å²) in [5.41, 5.74) is 2.12. The van der Waals surface area contributed by atoms with E-state index in [0.29, 0.717) is 22.7 Å². The number of rotatable bonds is 6. The molecule has 0 N–H and O–H groups in total. The maximum Gasteiger partial charge on any atom is 0.326 e. The molecule has 6 nitrogen and oxygen atoms in total. The van der Waals surface area contributed by atoms with Crippen molar-refractivity contribution in [2.24, 2.45) is 4.99 Å². The second-order valence-corrected chi connectivity index (χ2v) is 7.05. The largest absolute Gasteiger partial charge is 0.492 e. The Morgan fingerprint density at radius 1 is 1.07 bits per heavy atom. The van der Waals surface area contributed by atoms with E-state index in [0.717, 1.165) is 15.8 Å². The Hall–Kier alpha value is -2.93. The molecule has 3 aromatic rings. The summed E-state index contributed by atoms with van der Waals surface area (Å²) in [4.78, 5) is 29.7. The van der Waals surface area contributed by atoms with Gasteiger partial charge >= 0.3 is 5.97 Å². The number of carbonyl (C=O) groups excluding carboxylic acids is 2. The minimum atomic E-state index is -0.390. The number of benzene rings is 2. The van der Waals surface area contributed by atoms with Gasteiger partial charge in [-0.3, -0.25) is 9.59 Å². The van der Waals surface area contributed by atoms with Crippen LogP contribution in [0.1, 0.15) is 29.8 Å². The molecule has 1 heterocycles. The minimum absolute atomic E-state index is 0.0438. The van der Waals surface area contributed by atoms with Gasteiger partial charge in [0.1, 0.15) is 17.8 Å². The van der Waals surface area contributed by atoms with Crippen molar-refractivity contribution in [2.75, 3.05) is 13.2 Å². The molecule has 0 radical (unpaired) electrons. The van der Waals surface area contributed by atoms with Crippen LogP contribution in [0.4, 0.5) is 0 Å². The van der Waals surface area contributed by atoms with Crippen molar-refractivity contribution >= 4 is 33.4 Å². The number of thiazole rings is 1. The first kappa shape index (κ1) is 19.8. The lowest BCUT2D eigenvalue weighted by Gasteiger charge is -2.09. The van der Waals surface area contributed by atoms with Gasteiger partial charge in [-0.15, -0.1) is 0 Å². The third-order valence-electron chi connectivity index (χ3n) is 4.13. The van der Waals surface area contributed by atoms with Gasteiger partial charge in [-0.25, -0.2) is 0 Å². The highest BCUT2D eigenvalue weighted by molar-refractivity contribution is 7.16. The summed E-state index contributed by atoms with van der Waals surface area (Å²) in [6, 6.07) is 12.9. The van der Waals surface area contributed by atoms with E-state index in [1.165, 1.54) is 11.3 Å². The lowest BCUT2D eigenvalue weighted by molar-refractivity contribution is -0.143. The zero-order valence-electron chi connectivity index (χ0n) is 16.1. The predicted molar refractivity (Wildman–Crippen MR) is 109 cm³/mol. The van der Waals surface area contributed by atoms with Crippen molar-refractivity contribution in [1.29, 1.82) is 0 Å². The standard InChI is InChI=1S/C21H22N2O4S/c1-4-26-16-11-8-12-17-19(16)23(13-18(24)27-5-2)21(28-17)22-20(25)15-10-7-6-9-14(15)3/h6-12H,4-5,13H2,1-3H3. The lowest BCUT2D eigenvalue weighted by Crippen LogP contribution is -2.23. The van der Waals surface area contributed by atoms with E-state index in [1.807, 2.05) is 44.2 Å². The molecular formula is C21H22N2O4S. The fourth-order valence-electron chi connectivity index (χ4n) is 2.90. The van der Waals surface area contributed by atoms with E-state index in [1.54, 1.807) is 23.6 Å². The molecule has 3 rings (SSSR count). The first-order chi connectivity index (χ1) is 13.5. The molecule has 0 spiro atoms. The summed E-state index contributed by atoms with van der Waals surface area (Å²) in [5.74, 6) is -0.0937. The van der Waals surface area contributed by atoms with Gasteiger partial charge in [0.25, 0.3) is 5.91 Å². The van der Waals surface area contributed by atoms with Gasteiger partial charge < -0.3 is 14.0 Å². The average Bonchev–Trinajstić information content (AvgIpc) is 3.00. The van der Waals surface area contributed by atoms with Gasteiger partial charge in [0, 0.05) is 5.56 Å². The maximum atomic E-state index is 12.8. The molecule has 2 aromatic carbocycles. The number of nitrogens with zero attached hydrogens (tertiary/aromatic N) is 2. The van der Waals surface area contributed by atoms with Gasteiger partial charge in [-0.2, -0.15) is 4.99 Å². The van der Waals surface area contributed by atoms with Crippen molar-refractivity contribution in [3.05, 3.63) is 58.4 Å². The molecular weight excluding hydrogens is 376 g/mol. The van der Waals surface area contributed by atoms with Crippen LogP contribution in [0.5, 0.6) is 5.75 Å². The van der Waals surface area contributed by atoms with Gasteiger partial charge in [0.15, 0.2) is 4.80 Å². The highest BCUT2D eigenvalue weighted by atomic mass is 32.1. The molecule has 0 atom stereocenters. The number of amides is 1. The van der Waals surface area contributed by atoms with E-state index in [4.69, 9.17) is 9.47 Å². The van der Waals surface area contributed by atoms with Crippen LogP contribution in [0.15, 0.2) is 47.5 Å². The van der Waals surface area contributed by atoms with Crippen LogP contribution in [0, 0.1) is 6.92 Å². The molecule has 0 saturated carbocycles. The van der Waals surface area contributed by atoms with Crippen LogP contribution in [0.25, 0.3) is 10.2 Å². The molecule has 0 aliphatic rings. The molecule has 0 fully saturated rings. The quantitative estimate of drug-likeness (QED) is 0.594. The summed E-state index contributed by atoms with van der Waals surface area (Å²) in [7, 11) is 0. The Labute approximate surface area is 167 Å². The molecule has 1 aromatic heterocycles. The van der Waals surface area contributed by atoms with Crippen LogP contribution >= 0.6 is 11.3 Å². The Balaban J connectivity index is 2.18. The SMILES string of the molecule is CCOC(=O)Cn1c(=NC(=O)c2ccccc2C)sc2cccc(OCC)c21. The number of hydrogen-bond donors (Lipinski definition) is 0. The van der Waals surface area contributed by atoms with Crippen LogP contribution in [-0.4, -0.2) is 29.7 Å². The molecule has 7 heteroatoms. The summed E-state index contributed by atoms with van der Waals surface area (Å²) in [6.07, 6.45) is 0. The van der Waals surface area contributed by atoms with Gasteiger partial charge in [-0.1, -0.05) is 35.6 Å². The third-order valence-corrected chi connectivity index (χ3v) is 5.17. The van der Waals surface area contributed by atoms with Crippen molar-refractivity contribution in [3.63, 3.8) is 0 Å². The molecule has 0 aliphatic heterocycles. The van der Waals surface area contributed by atoms with E-state index in [-0.39, 0.29) is 19.1 Å². The first-order valence-corrected chi connectivity index (χ1v) is 9.92. The minimum Gasteiger partial charge on any atom is -0.492 e. The molecule has 28 heavy (non-hydrogen) atoms. The van der Waals surface area contributed by atoms with Gasteiger partial charge in [0.05, 0.1) is 17.9 Å². The Morgan fingerprint density at radius 2 is 1.86 bits per heavy atom. The van der Waals surface area contributed by atoms with Crippen molar-refractivity contribution in [2.45, 2.75) is 27.3 Å². The third kappa shape index (κ3) is 4.14. The number of hydrogen-bond acceptors (Lipinski definition) is 5. The topological polar surface area (TPSA) is 69.9 Å². The zero-order chi connectivity index (χ0) is 20.1. The molecule has 1 amide bonds. The first-order valence-electron chi connectivity index (χ1n) is 9.10. The monoisotopic (exact) mass is 398 g/mol. The number of para-hydroxylation sites is 1. The van der Waals surface area contributed by atoms with E-state index >= 15 is 0 Å². The van der Waals surface area contributed by atoms with E-state index in [9.17, 15) is 9.59 Å². The molecule has 146 valence electrons. The van der Waals surface area contributed by atoms with Gasteiger partial charge in [0.2, 0.25) is 0 Å². The van der Waals surface area contributed by atoms with Crippen molar-refractivity contribution in [3.8, 4) is 5.75 Å². The maximum absolute atomic E-state index is 12.8. The molecule has 0 unspecified atom stereocenters. The van der Waals surface area contributed by atoms with Crippen LogP contribution in [-0.2, 0) is 16.1 Å². The number of esters is 1. The summed E-state index contributed by atoms with van der Waals surface area (Å²) in [6.45, 7) is 6.25. The van der Waals surface area contributed by atoms with Crippen molar-refractivity contribution in [1.82, 2.24) is 4.57 Å². The number of fused-ring (bicyclic) bond motifs is 1. The Kier molecular flexibility index (Phi) is 6.26. The van der Waals surface area contributed by atoms with Crippen LogP contribution in [0.2, 0.25) is 0 Å². The Morgan fingerprint density at radius 3 is 2.57 bits per heavy atom. The van der Waals surface area contributed by atoms with E-state index in [2.05, 4.69) is 4.99 Å². The number of aromatic nitrogens is 1. The average molecular weight is 398 g/mol. The van der Waals surface area contributed by atoms with E-state index < -0.39 is 5.97 Å². The number of carbonyl (C=O) groups is 2. The normalized spacial score (nSPS) is 11.6. The summed E-state index contributed by atoms with van der Waals surface area (Å²) in [5, 5.41) is 0. The fourth-order valence-corrected chi connectivity index (χ4v) is 3.94. The van der Waals surface area contributed by atoms with Crippen LogP contribution in [0.3, 0.4) is 0 Å². The smallest absolute Gasteiger partial charge is 0.326 e.